The molecular formula is C16H23BrN2O2. The smallest absolute Gasteiger partial charge is 0.244 e. The maximum Gasteiger partial charge on any atom is 0.244 e. The summed E-state index contributed by atoms with van der Waals surface area (Å²) in [6, 6.07) is 5.72. The first-order valence-electron chi connectivity index (χ1n) is 7.11. The maximum absolute atomic E-state index is 12.1. The lowest BCUT2D eigenvalue weighted by Gasteiger charge is -2.21. The first kappa shape index (κ1) is 17.7. The molecule has 0 atom stereocenters. The third kappa shape index (κ3) is 6.29. The van der Waals surface area contributed by atoms with E-state index in [9.17, 15) is 9.59 Å². The molecule has 1 aromatic rings. The number of nitrogens with one attached hydrogen (secondary N) is 1. The van der Waals surface area contributed by atoms with Gasteiger partial charge in [0.2, 0.25) is 11.8 Å². The maximum atomic E-state index is 12.1. The standard InChI is InChI=1S/C16H23BrN2O2/c1-11(2)7-8-19(13(4)20)10-16(21)18-15-6-5-12(3)9-14(15)17/h5-6,9,11H,7-8,10H2,1-4H3,(H,18,21). The van der Waals surface area contributed by atoms with Crippen LogP contribution >= 0.6 is 15.9 Å². The van der Waals surface area contributed by atoms with Crippen LogP contribution in [0.25, 0.3) is 0 Å². The van der Waals surface area contributed by atoms with E-state index in [1.165, 1.54) is 6.92 Å². The van der Waals surface area contributed by atoms with Crippen molar-refractivity contribution >= 4 is 33.4 Å². The number of anilines is 1. The Balaban J connectivity index is 2.63. The lowest BCUT2D eigenvalue weighted by molar-refractivity contribution is -0.132. The molecule has 0 bridgehead atoms. The van der Waals surface area contributed by atoms with Gasteiger partial charge in [-0.15, -0.1) is 0 Å². The molecule has 116 valence electrons. The molecule has 0 saturated heterocycles. The van der Waals surface area contributed by atoms with E-state index in [0.717, 1.165) is 22.1 Å². The molecule has 0 aliphatic heterocycles. The lowest BCUT2D eigenvalue weighted by Crippen LogP contribution is -2.37. The van der Waals surface area contributed by atoms with E-state index in [-0.39, 0.29) is 18.4 Å². The highest BCUT2D eigenvalue weighted by molar-refractivity contribution is 9.10. The van der Waals surface area contributed by atoms with Crippen molar-refractivity contribution in [3.63, 3.8) is 0 Å². The Labute approximate surface area is 135 Å². The summed E-state index contributed by atoms with van der Waals surface area (Å²) in [5.74, 6) is 0.244. The normalized spacial score (nSPS) is 10.6. The minimum atomic E-state index is -0.182. The van der Waals surface area contributed by atoms with E-state index < -0.39 is 0 Å². The molecule has 0 aliphatic carbocycles. The average molecular weight is 355 g/mol. The summed E-state index contributed by atoms with van der Waals surface area (Å²) in [4.78, 5) is 25.3. The van der Waals surface area contributed by atoms with Gasteiger partial charge < -0.3 is 10.2 Å². The van der Waals surface area contributed by atoms with Gasteiger partial charge in [-0.2, -0.15) is 0 Å². The topological polar surface area (TPSA) is 49.4 Å². The van der Waals surface area contributed by atoms with Crippen LogP contribution in [0.2, 0.25) is 0 Å². The Bertz CT molecular complexity index is 515. The number of hydrogen-bond donors (Lipinski definition) is 1. The Morgan fingerprint density at radius 1 is 1.33 bits per heavy atom. The first-order valence-corrected chi connectivity index (χ1v) is 7.90. The van der Waals surface area contributed by atoms with Crippen LogP contribution in [0.1, 0.15) is 32.8 Å². The van der Waals surface area contributed by atoms with Gasteiger partial charge in [0.05, 0.1) is 12.2 Å². The van der Waals surface area contributed by atoms with Crippen molar-refractivity contribution < 1.29 is 9.59 Å². The van der Waals surface area contributed by atoms with Crippen molar-refractivity contribution in [1.82, 2.24) is 4.90 Å². The number of carbonyl (C=O) groups excluding carboxylic acids is 2. The second kappa shape index (κ2) is 8.17. The van der Waals surface area contributed by atoms with Crippen LogP contribution in [0.5, 0.6) is 0 Å². The molecule has 0 aromatic heterocycles. The Morgan fingerprint density at radius 2 is 2.00 bits per heavy atom. The van der Waals surface area contributed by atoms with Gasteiger partial charge in [0.15, 0.2) is 0 Å². The summed E-state index contributed by atoms with van der Waals surface area (Å²) in [6.45, 7) is 8.37. The number of rotatable bonds is 6. The molecule has 0 aliphatic rings. The van der Waals surface area contributed by atoms with Crippen molar-refractivity contribution in [2.45, 2.75) is 34.1 Å². The predicted octanol–water partition coefficient (Wildman–Crippen LogP) is 3.59. The van der Waals surface area contributed by atoms with Crippen molar-refractivity contribution in [1.29, 1.82) is 0 Å². The SMILES string of the molecule is CC(=O)N(CCC(C)C)CC(=O)Nc1ccc(C)cc1Br. The molecule has 0 saturated carbocycles. The van der Waals surface area contributed by atoms with E-state index in [1.807, 2.05) is 25.1 Å². The quantitative estimate of drug-likeness (QED) is 0.848. The van der Waals surface area contributed by atoms with E-state index in [4.69, 9.17) is 0 Å². The van der Waals surface area contributed by atoms with E-state index >= 15 is 0 Å². The second-order valence-corrected chi connectivity index (χ2v) is 6.51. The number of hydrogen-bond acceptors (Lipinski definition) is 2. The summed E-state index contributed by atoms with van der Waals surface area (Å²) in [5.41, 5.74) is 1.83. The number of amides is 2. The molecule has 1 rings (SSSR count). The summed E-state index contributed by atoms with van der Waals surface area (Å²) in [6.07, 6.45) is 0.890. The predicted molar refractivity (Wildman–Crippen MR) is 89.2 cm³/mol. The lowest BCUT2D eigenvalue weighted by atomic mass is 10.1. The minimum Gasteiger partial charge on any atom is -0.334 e. The molecule has 0 radical (unpaired) electrons. The van der Waals surface area contributed by atoms with Crippen molar-refractivity contribution in [2.24, 2.45) is 5.92 Å². The van der Waals surface area contributed by atoms with Gasteiger partial charge in [0.1, 0.15) is 0 Å². The number of carbonyl (C=O) groups is 2. The number of halogens is 1. The van der Waals surface area contributed by atoms with E-state index in [2.05, 4.69) is 35.1 Å². The van der Waals surface area contributed by atoms with Crippen LogP contribution in [0.15, 0.2) is 22.7 Å². The molecule has 2 amide bonds. The Kier molecular flexibility index (Phi) is 6.89. The van der Waals surface area contributed by atoms with Gasteiger partial charge >= 0.3 is 0 Å². The van der Waals surface area contributed by atoms with Crippen molar-refractivity contribution in [2.75, 3.05) is 18.4 Å². The third-order valence-corrected chi connectivity index (χ3v) is 3.81. The second-order valence-electron chi connectivity index (χ2n) is 5.65. The zero-order valence-corrected chi connectivity index (χ0v) is 14.7. The highest BCUT2D eigenvalue weighted by Crippen LogP contribution is 2.23. The number of nitrogens with zero attached hydrogens (tertiary/aromatic N) is 1. The van der Waals surface area contributed by atoms with Crippen LogP contribution in [-0.2, 0) is 9.59 Å². The highest BCUT2D eigenvalue weighted by atomic mass is 79.9. The largest absolute Gasteiger partial charge is 0.334 e. The molecule has 5 heteroatoms. The Hall–Kier alpha value is -1.36. The molecule has 0 fully saturated rings. The number of benzene rings is 1. The molecule has 1 aromatic carbocycles. The average Bonchev–Trinajstić information content (AvgIpc) is 2.37. The molecular weight excluding hydrogens is 332 g/mol. The van der Waals surface area contributed by atoms with Gasteiger partial charge in [-0.3, -0.25) is 9.59 Å². The summed E-state index contributed by atoms with van der Waals surface area (Å²) >= 11 is 3.43. The summed E-state index contributed by atoms with van der Waals surface area (Å²) in [5, 5.41) is 2.83. The fraction of sp³-hybridized carbons (Fsp3) is 0.500. The minimum absolute atomic E-state index is 0.0752. The molecule has 0 unspecified atom stereocenters. The fourth-order valence-corrected chi connectivity index (χ4v) is 2.44. The van der Waals surface area contributed by atoms with Crippen LogP contribution in [0.3, 0.4) is 0 Å². The molecule has 0 heterocycles. The first-order chi connectivity index (χ1) is 9.79. The van der Waals surface area contributed by atoms with Crippen molar-refractivity contribution in [3.05, 3.63) is 28.2 Å². The van der Waals surface area contributed by atoms with E-state index in [1.54, 1.807) is 4.90 Å². The van der Waals surface area contributed by atoms with Gasteiger partial charge in [-0.25, -0.2) is 0 Å². The molecule has 21 heavy (non-hydrogen) atoms. The van der Waals surface area contributed by atoms with Gasteiger partial charge in [-0.1, -0.05) is 19.9 Å². The van der Waals surface area contributed by atoms with Crippen LogP contribution in [-0.4, -0.2) is 29.8 Å². The highest BCUT2D eigenvalue weighted by Gasteiger charge is 2.14. The van der Waals surface area contributed by atoms with Crippen LogP contribution in [0, 0.1) is 12.8 Å². The van der Waals surface area contributed by atoms with Gasteiger partial charge in [0.25, 0.3) is 0 Å². The van der Waals surface area contributed by atoms with Crippen molar-refractivity contribution in [3.8, 4) is 0 Å². The number of aryl methyl sites for hydroxylation is 1. The van der Waals surface area contributed by atoms with Gasteiger partial charge in [-0.05, 0) is 52.9 Å². The van der Waals surface area contributed by atoms with Gasteiger partial charge in [0, 0.05) is 17.9 Å². The third-order valence-electron chi connectivity index (χ3n) is 3.15. The summed E-state index contributed by atoms with van der Waals surface area (Å²) < 4.78 is 0.840. The summed E-state index contributed by atoms with van der Waals surface area (Å²) in [7, 11) is 0. The van der Waals surface area contributed by atoms with E-state index in [0.29, 0.717) is 12.5 Å². The zero-order valence-electron chi connectivity index (χ0n) is 13.1. The monoisotopic (exact) mass is 354 g/mol. The fourth-order valence-electron chi connectivity index (χ4n) is 1.85. The molecule has 4 nitrogen and oxygen atoms in total. The van der Waals surface area contributed by atoms with Crippen LogP contribution in [0.4, 0.5) is 5.69 Å². The van der Waals surface area contributed by atoms with Crippen LogP contribution < -0.4 is 5.32 Å². The Morgan fingerprint density at radius 3 is 2.52 bits per heavy atom. The molecule has 0 spiro atoms. The molecule has 1 N–H and O–H groups in total. The zero-order chi connectivity index (χ0) is 16.0.